The van der Waals surface area contributed by atoms with Gasteiger partial charge < -0.3 is 0 Å². The van der Waals surface area contributed by atoms with E-state index >= 15 is 0 Å². The molecule has 1 aliphatic carbocycles. The number of fused-ring (bicyclic) bond motifs is 1. The molecule has 22 heavy (non-hydrogen) atoms. The van der Waals surface area contributed by atoms with Gasteiger partial charge in [0.25, 0.3) is 0 Å². The van der Waals surface area contributed by atoms with Crippen molar-refractivity contribution in [3.05, 3.63) is 47.9 Å². The summed E-state index contributed by atoms with van der Waals surface area (Å²) in [7, 11) is 0. The number of H-pyrrole nitrogens is 1. The minimum absolute atomic E-state index is 0.584. The lowest BCUT2D eigenvalue weighted by Crippen LogP contribution is -1.94. The first kappa shape index (κ1) is 13.8. The summed E-state index contributed by atoms with van der Waals surface area (Å²) in [5.41, 5.74) is 2.30. The Morgan fingerprint density at radius 2 is 2.00 bits per heavy atom. The fraction of sp³-hybridized carbons (Fsp3) is 0.353. The minimum atomic E-state index is 0.584. The Bertz CT molecular complexity index is 772. The molecular formula is C17H18N4S. The Morgan fingerprint density at radius 3 is 2.91 bits per heavy atom. The van der Waals surface area contributed by atoms with E-state index in [0.29, 0.717) is 5.92 Å². The molecule has 2 heterocycles. The van der Waals surface area contributed by atoms with Gasteiger partial charge in [0.1, 0.15) is 5.82 Å². The number of nitrogens with zero attached hydrogens (tertiary/aromatic N) is 3. The molecule has 4 rings (SSSR count). The molecule has 1 fully saturated rings. The zero-order valence-electron chi connectivity index (χ0n) is 12.3. The second-order valence-electron chi connectivity index (χ2n) is 5.77. The maximum atomic E-state index is 4.66. The number of aromatic amines is 1. The van der Waals surface area contributed by atoms with Crippen LogP contribution in [0.25, 0.3) is 10.9 Å². The molecule has 1 aromatic carbocycles. The molecule has 1 N–H and O–H groups in total. The van der Waals surface area contributed by atoms with Crippen molar-refractivity contribution in [1.29, 1.82) is 0 Å². The SMILES string of the molecule is c1cnc2c(CSc3n[nH]c(C4CCCC4)n3)cccc2c1. The third-order valence-electron chi connectivity index (χ3n) is 4.30. The van der Waals surface area contributed by atoms with Gasteiger partial charge in [-0.25, -0.2) is 4.98 Å². The normalized spacial score (nSPS) is 15.6. The quantitative estimate of drug-likeness (QED) is 0.730. The van der Waals surface area contributed by atoms with Crippen LogP contribution in [0.3, 0.4) is 0 Å². The van der Waals surface area contributed by atoms with Gasteiger partial charge in [0.05, 0.1) is 5.52 Å². The number of hydrogen-bond acceptors (Lipinski definition) is 4. The largest absolute Gasteiger partial charge is 0.262 e. The second-order valence-corrected chi connectivity index (χ2v) is 6.71. The van der Waals surface area contributed by atoms with Gasteiger partial charge in [0.2, 0.25) is 5.16 Å². The fourth-order valence-corrected chi connectivity index (χ4v) is 3.92. The molecule has 0 bridgehead atoms. The monoisotopic (exact) mass is 310 g/mol. The number of para-hydroxylation sites is 1. The molecule has 0 radical (unpaired) electrons. The molecule has 1 saturated carbocycles. The lowest BCUT2D eigenvalue weighted by molar-refractivity contribution is 0.671. The molecule has 1 aliphatic rings. The van der Waals surface area contributed by atoms with Gasteiger partial charge in [-0.3, -0.25) is 10.1 Å². The standard InChI is InChI=1S/C17H18N4S/c1-2-6-13(5-1)16-19-17(21-20-16)22-11-14-8-3-7-12-9-4-10-18-15(12)14/h3-4,7-10,13H,1-2,5-6,11H2,(H,19,20,21). The first-order valence-electron chi connectivity index (χ1n) is 7.78. The average Bonchev–Trinajstić information content (AvgIpc) is 3.24. The lowest BCUT2D eigenvalue weighted by Gasteiger charge is -2.04. The van der Waals surface area contributed by atoms with Crippen molar-refractivity contribution in [3.63, 3.8) is 0 Å². The molecule has 0 saturated heterocycles. The van der Waals surface area contributed by atoms with Gasteiger partial charge in [-0.15, -0.1) is 5.10 Å². The number of aromatic nitrogens is 4. The van der Waals surface area contributed by atoms with Gasteiger partial charge in [-0.1, -0.05) is 48.9 Å². The average molecular weight is 310 g/mol. The Morgan fingerprint density at radius 1 is 1.14 bits per heavy atom. The first-order valence-corrected chi connectivity index (χ1v) is 8.76. The summed E-state index contributed by atoms with van der Waals surface area (Å²) in [5, 5.41) is 9.51. The highest BCUT2D eigenvalue weighted by Gasteiger charge is 2.20. The summed E-state index contributed by atoms with van der Waals surface area (Å²) < 4.78 is 0. The van der Waals surface area contributed by atoms with E-state index in [9.17, 15) is 0 Å². The van der Waals surface area contributed by atoms with Gasteiger partial charge in [0.15, 0.2) is 0 Å². The number of rotatable bonds is 4. The van der Waals surface area contributed by atoms with Gasteiger partial charge in [-0.05, 0) is 24.5 Å². The fourth-order valence-electron chi connectivity index (χ4n) is 3.13. The van der Waals surface area contributed by atoms with E-state index in [1.54, 1.807) is 11.8 Å². The summed E-state index contributed by atoms with van der Waals surface area (Å²) in [6.45, 7) is 0. The van der Waals surface area contributed by atoms with E-state index < -0.39 is 0 Å². The molecule has 5 heteroatoms. The lowest BCUT2D eigenvalue weighted by atomic mass is 10.1. The predicted molar refractivity (Wildman–Crippen MR) is 88.9 cm³/mol. The zero-order valence-corrected chi connectivity index (χ0v) is 13.1. The van der Waals surface area contributed by atoms with Crippen molar-refractivity contribution >= 4 is 22.7 Å². The van der Waals surface area contributed by atoms with Crippen molar-refractivity contribution in [3.8, 4) is 0 Å². The molecule has 0 aliphatic heterocycles. The van der Waals surface area contributed by atoms with Crippen LogP contribution in [-0.2, 0) is 5.75 Å². The Balaban J connectivity index is 1.50. The summed E-state index contributed by atoms with van der Waals surface area (Å²) in [6, 6.07) is 10.4. The molecule has 0 atom stereocenters. The highest BCUT2D eigenvalue weighted by atomic mass is 32.2. The van der Waals surface area contributed by atoms with Crippen LogP contribution in [0.4, 0.5) is 0 Å². The number of pyridine rings is 1. The van der Waals surface area contributed by atoms with Gasteiger partial charge in [-0.2, -0.15) is 0 Å². The number of thioether (sulfide) groups is 1. The van der Waals surface area contributed by atoms with E-state index in [4.69, 9.17) is 0 Å². The van der Waals surface area contributed by atoms with Crippen molar-refractivity contribution in [2.75, 3.05) is 0 Å². The van der Waals surface area contributed by atoms with E-state index in [1.165, 1.54) is 36.6 Å². The van der Waals surface area contributed by atoms with Crippen LogP contribution in [0.5, 0.6) is 0 Å². The second kappa shape index (κ2) is 6.08. The molecule has 2 aromatic heterocycles. The topological polar surface area (TPSA) is 54.5 Å². The summed E-state index contributed by atoms with van der Waals surface area (Å²) >= 11 is 1.67. The van der Waals surface area contributed by atoms with E-state index in [2.05, 4.69) is 44.4 Å². The highest BCUT2D eigenvalue weighted by molar-refractivity contribution is 7.98. The number of benzene rings is 1. The van der Waals surface area contributed by atoms with Crippen molar-refractivity contribution in [2.24, 2.45) is 0 Å². The third-order valence-corrected chi connectivity index (χ3v) is 5.19. The van der Waals surface area contributed by atoms with Gasteiger partial charge in [0, 0.05) is 23.3 Å². The van der Waals surface area contributed by atoms with E-state index in [-0.39, 0.29) is 0 Å². The molecule has 0 unspecified atom stereocenters. The Kier molecular flexibility index (Phi) is 3.81. The maximum absolute atomic E-state index is 4.66. The van der Waals surface area contributed by atoms with E-state index in [0.717, 1.165) is 22.3 Å². The minimum Gasteiger partial charge on any atom is -0.262 e. The van der Waals surface area contributed by atoms with E-state index in [1.807, 2.05) is 12.3 Å². The van der Waals surface area contributed by atoms with Gasteiger partial charge >= 0.3 is 0 Å². The van der Waals surface area contributed by atoms with Crippen molar-refractivity contribution < 1.29 is 0 Å². The van der Waals surface area contributed by atoms with Crippen LogP contribution in [-0.4, -0.2) is 20.2 Å². The first-order chi connectivity index (χ1) is 10.9. The number of hydrogen-bond donors (Lipinski definition) is 1. The summed E-state index contributed by atoms with van der Waals surface area (Å²) in [6.07, 6.45) is 6.96. The van der Waals surface area contributed by atoms with Crippen LogP contribution in [0.2, 0.25) is 0 Å². The molecule has 0 amide bonds. The summed E-state index contributed by atoms with van der Waals surface area (Å²) in [5.74, 6) is 2.49. The zero-order chi connectivity index (χ0) is 14.8. The van der Waals surface area contributed by atoms with Crippen LogP contribution in [0, 0.1) is 0 Å². The molecule has 3 aromatic rings. The Labute approximate surface area is 133 Å². The number of nitrogens with one attached hydrogen (secondary N) is 1. The van der Waals surface area contributed by atoms with Crippen LogP contribution >= 0.6 is 11.8 Å². The van der Waals surface area contributed by atoms with Crippen LogP contribution < -0.4 is 0 Å². The Hall–Kier alpha value is -1.88. The predicted octanol–water partition coefficient (Wildman–Crippen LogP) is 4.30. The van der Waals surface area contributed by atoms with Crippen LogP contribution in [0.1, 0.15) is 43.0 Å². The molecular weight excluding hydrogens is 292 g/mol. The molecule has 4 nitrogen and oxygen atoms in total. The maximum Gasteiger partial charge on any atom is 0.208 e. The van der Waals surface area contributed by atoms with Crippen LogP contribution in [0.15, 0.2) is 41.7 Å². The third kappa shape index (κ3) is 2.73. The van der Waals surface area contributed by atoms with Crippen molar-refractivity contribution in [2.45, 2.75) is 42.5 Å². The highest BCUT2D eigenvalue weighted by Crippen LogP contribution is 2.33. The van der Waals surface area contributed by atoms with Crippen molar-refractivity contribution in [1.82, 2.24) is 20.2 Å². The smallest absolute Gasteiger partial charge is 0.208 e. The molecule has 0 spiro atoms. The molecule has 112 valence electrons. The summed E-state index contributed by atoms with van der Waals surface area (Å²) in [4.78, 5) is 9.16.